The van der Waals surface area contributed by atoms with Gasteiger partial charge in [0.1, 0.15) is 34.6 Å². The summed E-state index contributed by atoms with van der Waals surface area (Å²) in [4.78, 5) is 34.4. The van der Waals surface area contributed by atoms with Crippen molar-refractivity contribution in [3.05, 3.63) is 60.9 Å². The molecule has 0 spiro atoms. The Morgan fingerprint density at radius 3 is 2.59 bits per heavy atom. The lowest BCUT2D eigenvalue weighted by molar-refractivity contribution is 0.0635. The van der Waals surface area contributed by atoms with Crippen molar-refractivity contribution in [3.63, 3.8) is 0 Å². The minimum absolute atomic E-state index is 0.319. The Labute approximate surface area is 194 Å². The summed E-state index contributed by atoms with van der Waals surface area (Å²) in [6.45, 7) is 5.78. The Bertz CT molecular complexity index is 1500. The lowest BCUT2D eigenvalue weighted by Crippen LogP contribution is -2.27. The Hall–Kier alpha value is -4.54. The lowest BCUT2D eigenvalue weighted by Gasteiger charge is -2.19. The van der Waals surface area contributed by atoms with E-state index in [9.17, 15) is 4.79 Å². The minimum atomic E-state index is -0.617. The first-order valence-corrected chi connectivity index (χ1v) is 10.6. The average molecular weight is 457 g/mol. The van der Waals surface area contributed by atoms with Gasteiger partial charge in [-0.15, -0.1) is 0 Å². The predicted octanol–water partition coefficient (Wildman–Crippen LogP) is 3.54. The molecule has 34 heavy (non-hydrogen) atoms. The van der Waals surface area contributed by atoms with Crippen molar-refractivity contribution in [1.82, 2.24) is 34.1 Å². The van der Waals surface area contributed by atoms with Gasteiger partial charge in [-0.2, -0.15) is 0 Å². The molecular formula is C23H23N9O2. The van der Waals surface area contributed by atoms with Gasteiger partial charge in [-0.25, -0.2) is 29.7 Å². The average Bonchev–Trinajstić information content (AvgIpc) is 3.35. The summed E-state index contributed by atoms with van der Waals surface area (Å²) in [7, 11) is 0. The number of nitrogen functional groups attached to an aromatic ring is 1. The summed E-state index contributed by atoms with van der Waals surface area (Å²) < 4.78 is 9.14. The zero-order chi connectivity index (χ0) is 23.9. The second-order valence-corrected chi connectivity index (χ2v) is 8.67. The summed E-state index contributed by atoms with van der Waals surface area (Å²) in [5.74, 6) is 1.39. The third kappa shape index (κ3) is 4.10. The monoisotopic (exact) mass is 457 g/mol. The van der Waals surface area contributed by atoms with E-state index in [4.69, 9.17) is 15.5 Å². The number of carbonyl (C=O) groups excluding carboxylic acids is 1. The SMILES string of the molecule is CC(C)(C)OC(=O)Nc1ccc2nc(Cn3cnc4c(N)ncnc43)n(-c3ccccc3)c2n1. The highest BCUT2D eigenvalue weighted by molar-refractivity contribution is 5.86. The van der Waals surface area contributed by atoms with Crippen LogP contribution in [-0.2, 0) is 11.3 Å². The van der Waals surface area contributed by atoms with Crippen LogP contribution in [0.2, 0.25) is 0 Å². The first-order chi connectivity index (χ1) is 16.3. The number of hydrogen-bond acceptors (Lipinski definition) is 8. The number of fused-ring (bicyclic) bond motifs is 2. The molecule has 1 aromatic carbocycles. The van der Waals surface area contributed by atoms with Gasteiger partial charge < -0.3 is 15.0 Å². The van der Waals surface area contributed by atoms with Crippen LogP contribution >= 0.6 is 0 Å². The van der Waals surface area contributed by atoms with Crippen molar-refractivity contribution < 1.29 is 9.53 Å². The molecule has 0 aliphatic carbocycles. The number of nitrogens with two attached hydrogens (primary N) is 1. The summed E-state index contributed by atoms with van der Waals surface area (Å²) in [5, 5.41) is 2.70. The minimum Gasteiger partial charge on any atom is -0.444 e. The van der Waals surface area contributed by atoms with E-state index >= 15 is 0 Å². The second kappa shape index (κ2) is 8.10. The molecule has 0 unspecified atom stereocenters. The molecular weight excluding hydrogens is 434 g/mol. The normalized spacial score (nSPS) is 11.7. The summed E-state index contributed by atoms with van der Waals surface area (Å²) in [6, 6.07) is 13.2. The van der Waals surface area contributed by atoms with Gasteiger partial charge in [-0.1, -0.05) is 18.2 Å². The molecule has 5 aromatic rings. The Kier molecular flexibility index (Phi) is 5.08. The summed E-state index contributed by atoms with van der Waals surface area (Å²) >= 11 is 0. The van der Waals surface area contributed by atoms with E-state index in [0.717, 1.165) is 5.69 Å². The number of imidazole rings is 2. The van der Waals surface area contributed by atoms with Gasteiger partial charge in [-0.3, -0.25) is 9.88 Å². The smallest absolute Gasteiger partial charge is 0.413 e. The molecule has 172 valence electrons. The highest BCUT2D eigenvalue weighted by Crippen LogP contribution is 2.24. The quantitative estimate of drug-likeness (QED) is 0.418. The van der Waals surface area contributed by atoms with Gasteiger partial charge in [0.05, 0.1) is 12.9 Å². The topological polar surface area (TPSA) is 139 Å². The van der Waals surface area contributed by atoms with Gasteiger partial charge in [0.15, 0.2) is 17.1 Å². The highest BCUT2D eigenvalue weighted by Gasteiger charge is 2.19. The van der Waals surface area contributed by atoms with Gasteiger partial charge in [0, 0.05) is 5.69 Å². The van der Waals surface area contributed by atoms with Crippen LogP contribution in [0.3, 0.4) is 0 Å². The molecule has 0 bridgehead atoms. The van der Waals surface area contributed by atoms with Crippen LogP contribution in [0.25, 0.3) is 28.0 Å². The van der Waals surface area contributed by atoms with E-state index in [1.54, 1.807) is 33.2 Å². The van der Waals surface area contributed by atoms with Crippen LogP contribution in [0, 0.1) is 0 Å². The van der Waals surface area contributed by atoms with Crippen LogP contribution < -0.4 is 11.1 Å². The number of benzene rings is 1. The number of ether oxygens (including phenoxy) is 1. The Morgan fingerprint density at radius 1 is 1.03 bits per heavy atom. The molecule has 0 saturated heterocycles. The number of nitrogens with one attached hydrogen (secondary N) is 1. The number of amides is 1. The van der Waals surface area contributed by atoms with Gasteiger partial charge in [0.25, 0.3) is 0 Å². The fourth-order valence-corrected chi connectivity index (χ4v) is 3.60. The number of pyridine rings is 1. The molecule has 0 atom stereocenters. The number of hydrogen-bond donors (Lipinski definition) is 2. The van der Waals surface area contributed by atoms with Crippen molar-refractivity contribution >= 4 is 40.1 Å². The lowest BCUT2D eigenvalue weighted by atomic mass is 10.2. The van der Waals surface area contributed by atoms with Gasteiger partial charge >= 0.3 is 6.09 Å². The first kappa shape index (κ1) is 21.3. The molecule has 4 aromatic heterocycles. The number of carbonyl (C=O) groups is 1. The summed E-state index contributed by atoms with van der Waals surface area (Å²) in [6.07, 6.45) is 2.49. The maximum Gasteiger partial charge on any atom is 0.413 e. The molecule has 11 nitrogen and oxygen atoms in total. The third-order valence-corrected chi connectivity index (χ3v) is 4.96. The van der Waals surface area contributed by atoms with E-state index in [1.165, 1.54) is 6.33 Å². The Morgan fingerprint density at radius 2 is 1.82 bits per heavy atom. The number of anilines is 2. The van der Waals surface area contributed by atoms with Crippen LogP contribution in [0.5, 0.6) is 0 Å². The van der Waals surface area contributed by atoms with E-state index in [-0.39, 0.29) is 0 Å². The number of para-hydroxylation sites is 1. The second-order valence-electron chi connectivity index (χ2n) is 8.67. The van der Waals surface area contributed by atoms with E-state index in [1.807, 2.05) is 45.5 Å². The van der Waals surface area contributed by atoms with Crippen LogP contribution in [0.15, 0.2) is 55.1 Å². The number of rotatable bonds is 4. The molecule has 0 fully saturated rings. The molecule has 0 radical (unpaired) electrons. The molecule has 5 rings (SSSR count). The standard InChI is InChI=1S/C23H23N9O2/c1-23(2,3)34-22(33)30-16-10-9-15-20(29-16)32(14-7-5-4-6-8-14)17(28-15)11-31-13-27-18-19(24)25-12-26-21(18)31/h4-10,12-13H,11H2,1-3H3,(H2,24,25,26)(H,29,30,33). The maximum atomic E-state index is 12.3. The number of nitrogens with zero attached hydrogens (tertiary/aromatic N) is 7. The molecule has 0 aliphatic rings. The fourth-order valence-electron chi connectivity index (χ4n) is 3.60. The summed E-state index contributed by atoms with van der Waals surface area (Å²) in [5.41, 5.74) is 8.60. The van der Waals surface area contributed by atoms with Crippen molar-refractivity contribution in [2.75, 3.05) is 11.1 Å². The van der Waals surface area contributed by atoms with Crippen molar-refractivity contribution in [1.29, 1.82) is 0 Å². The molecule has 0 aliphatic heterocycles. The molecule has 1 amide bonds. The Balaban J connectivity index is 1.59. The van der Waals surface area contributed by atoms with E-state index in [0.29, 0.717) is 46.3 Å². The van der Waals surface area contributed by atoms with Crippen molar-refractivity contribution in [3.8, 4) is 5.69 Å². The van der Waals surface area contributed by atoms with E-state index in [2.05, 4.69) is 25.3 Å². The molecule has 0 saturated carbocycles. The van der Waals surface area contributed by atoms with Gasteiger partial charge in [-0.05, 0) is 45.0 Å². The maximum absolute atomic E-state index is 12.3. The predicted molar refractivity (Wildman–Crippen MR) is 128 cm³/mol. The van der Waals surface area contributed by atoms with Crippen LogP contribution in [-0.4, -0.2) is 45.7 Å². The van der Waals surface area contributed by atoms with E-state index < -0.39 is 11.7 Å². The highest BCUT2D eigenvalue weighted by atomic mass is 16.6. The van der Waals surface area contributed by atoms with Crippen molar-refractivity contribution in [2.45, 2.75) is 32.9 Å². The van der Waals surface area contributed by atoms with Crippen molar-refractivity contribution in [2.24, 2.45) is 0 Å². The number of aromatic nitrogens is 7. The van der Waals surface area contributed by atoms with Crippen LogP contribution in [0.1, 0.15) is 26.6 Å². The molecule has 4 heterocycles. The van der Waals surface area contributed by atoms with Crippen LogP contribution in [0.4, 0.5) is 16.4 Å². The molecule has 11 heteroatoms. The molecule has 3 N–H and O–H groups in total. The zero-order valence-electron chi connectivity index (χ0n) is 18.9. The third-order valence-electron chi connectivity index (χ3n) is 4.96. The largest absolute Gasteiger partial charge is 0.444 e. The fraction of sp³-hybridized carbons (Fsp3) is 0.217. The first-order valence-electron chi connectivity index (χ1n) is 10.6. The zero-order valence-corrected chi connectivity index (χ0v) is 18.9. The van der Waals surface area contributed by atoms with Gasteiger partial charge in [0.2, 0.25) is 0 Å².